The molecule has 1 atom stereocenters. The highest BCUT2D eigenvalue weighted by Crippen LogP contribution is 2.06. The molecule has 0 radical (unpaired) electrons. The van der Waals surface area contributed by atoms with Gasteiger partial charge in [0, 0.05) is 12.0 Å². The zero-order valence-electron chi connectivity index (χ0n) is 16.6. The Morgan fingerprint density at radius 3 is 2.59 bits per heavy atom. The summed E-state index contributed by atoms with van der Waals surface area (Å²) in [5, 5.41) is 5.16. The Kier molecular flexibility index (Phi) is 8.35. The molecule has 1 heterocycles. The fourth-order valence-corrected chi connectivity index (χ4v) is 2.62. The molecule has 0 bridgehead atoms. The lowest BCUT2D eigenvalue weighted by Gasteiger charge is -2.19. The van der Waals surface area contributed by atoms with Crippen LogP contribution in [-0.2, 0) is 16.0 Å². The number of hydrogen-bond donors (Lipinski definition) is 3. The van der Waals surface area contributed by atoms with Crippen molar-refractivity contribution in [3.8, 4) is 0 Å². The third-order valence-corrected chi connectivity index (χ3v) is 3.98. The largest absolute Gasteiger partial charge is 0.354 e. The van der Waals surface area contributed by atoms with Gasteiger partial charge in [-0.2, -0.15) is 4.73 Å². The lowest BCUT2D eigenvalue weighted by molar-refractivity contribution is -0.148. The molecule has 0 spiro atoms. The van der Waals surface area contributed by atoms with Crippen LogP contribution in [0.2, 0.25) is 0 Å². The molecule has 1 aromatic heterocycles. The Hall–Kier alpha value is -3.20. The van der Waals surface area contributed by atoms with E-state index in [0.717, 1.165) is 0 Å². The SMILES string of the molecule is CC(C)C[C@H](NC(=O)CNC(=O)c1ccccc1)C(=O)On1cnc(CCN)c1. The Labute approximate surface area is 169 Å². The van der Waals surface area contributed by atoms with Crippen molar-refractivity contribution in [3.05, 3.63) is 54.1 Å². The quantitative estimate of drug-likeness (QED) is 0.525. The van der Waals surface area contributed by atoms with E-state index in [-0.39, 0.29) is 18.4 Å². The molecule has 2 rings (SSSR count). The van der Waals surface area contributed by atoms with E-state index >= 15 is 0 Å². The minimum absolute atomic E-state index is 0.141. The van der Waals surface area contributed by atoms with Crippen LogP contribution in [-0.4, -0.2) is 46.6 Å². The van der Waals surface area contributed by atoms with Crippen LogP contribution in [0.5, 0.6) is 0 Å². The van der Waals surface area contributed by atoms with E-state index in [1.165, 1.54) is 11.1 Å². The molecule has 156 valence electrons. The van der Waals surface area contributed by atoms with Gasteiger partial charge in [0.05, 0.1) is 18.4 Å². The van der Waals surface area contributed by atoms with Gasteiger partial charge in [-0.3, -0.25) is 9.59 Å². The first-order valence-corrected chi connectivity index (χ1v) is 9.46. The zero-order valence-corrected chi connectivity index (χ0v) is 16.6. The standard InChI is InChI=1S/C20H27N5O4/c1-14(2)10-17(20(28)29-25-12-16(8-9-21)23-13-25)24-18(26)11-22-19(27)15-6-4-3-5-7-15/h3-7,12-14,17H,8-11,21H2,1-2H3,(H,22,27)(H,24,26)/t17-/m0/s1. The minimum atomic E-state index is -0.850. The van der Waals surface area contributed by atoms with Gasteiger partial charge in [0.15, 0.2) is 0 Å². The normalized spacial score (nSPS) is 11.7. The maximum Gasteiger partial charge on any atom is 0.354 e. The van der Waals surface area contributed by atoms with Crippen LogP contribution in [0.1, 0.15) is 36.3 Å². The predicted molar refractivity (Wildman–Crippen MR) is 107 cm³/mol. The number of amides is 2. The summed E-state index contributed by atoms with van der Waals surface area (Å²) in [5.41, 5.74) is 6.63. The molecule has 0 saturated carbocycles. The van der Waals surface area contributed by atoms with E-state index in [2.05, 4.69) is 15.6 Å². The summed E-state index contributed by atoms with van der Waals surface area (Å²) in [4.78, 5) is 46.2. The number of benzene rings is 1. The first kappa shape index (κ1) is 22.1. The molecule has 0 aliphatic carbocycles. The minimum Gasteiger partial charge on any atom is -0.343 e. The Bertz CT molecular complexity index is 819. The molecule has 2 aromatic rings. The fourth-order valence-electron chi connectivity index (χ4n) is 2.62. The number of nitrogens with one attached hydrogen (secondary N) is 2. The van der Waals surface area contributed by atoms with Crippen molar-refractivity contribution in [2.24, 2.45) is 11.7 Å². The van der Waals surface area contributed by atoms with Gasteiger partial charge in [-0.25, -0.2) is 9.78 Å². The maximum atomic E-state index is 12.5. The van der Waals surface area contributed by atoms with Gasteiger partial charge < -0.3 is 21.2 Å². The second-order valence-corrected chi connectivity index (χ2v) is 6.97. The molecule has 9 nitrogen and oxygen atoms in total. The molecule has 4 N–H and O–H groups in total. The zero-order chi connectivity index (χ0) is 21.2. The number of imidazole rings is 1. The van der Waals surface area contributed by atoms with Crippen LogP contribution in [0.15, 0.2) is 42.9 Å². The predicted octanol–water partition coefficient (Wildman–Crippen LogP) is 0.300. The summed E-state index contributed by atoms with van der Waals surface area (Å²) < 4.78 is 1.20. The van der Waals surface area contributed by atoms with E-state index in [9.17, 15) is 14.4 Å². The number of nitrogens with zero attached hydrogens (tertiary/aromatic N) is 2. The molecule has 0 aliphatic heterocycles. The monoisotopic (exact) mass is 401 g/mol. The molecular formula is C20H27N5O4. The lowest BCUT2D eigenvalue weighted by Crippen LogP contribution is -2.48. The van der Waals surface area contributed by atoms with Crippen molar-refractivity contribution in [1.29, 1.82) is 0 Å². The number of carbonyl (C=O) groups excluding carboxylic acids is 3. The smallest absolute Gasteiger partial charge is 0.343 e. The number of rotatable bonds is 10. The second-order valence-electron chi connectivity index (χ2n) is 6.97. The molecule has 29 heavy (non-hydrogen) atoms. The number of nitrogens with two attached hydrogens (primary N) is 1. The van der Waals surface area contributed by atoms with E-state index in [1.54, 1.807) is 36.5 Å². The van der Waals surface area contributed by atoms with Crippen LogP contribution in [0.3, 0.4) is 0 Å². The van der Waals surface area contributed by atoms with E-state index in [4.69, 9.17) is 10.6 Å². The Morgan fingerprint density at radius 1 is 1.21 bits per heavy atom. The average molecular weight is 401 g/mol. The lowest BCUT2D eigenvalue weighted by atomic mass is 10.0. The van der Waals surface area contributed by atoms with Gasteiger partial charge in [0.1, 0.15) is 12.4 Å². The summed E-state index contributed by atoms with van der Waals surface area (Å²) in [7, 11) is 0. The van der Waals surface area contributed by atoms with Gasteiger partial charge in [-0.05, 0) is 31.0 Å². The average Bonchev–Trinajstić information content (AvgIpc) is 3.13. The highest BCUT2D eigenvalue weighted by Gasteiger charge is 2.24. The topological polar surface area (TPSA) is 128 Å². The van der Waals surface area contributed by atoms with Crippen LogP contribution in [0.25, 0.3) is 0 Å². The van der Waals surface area contributed by atoms with Crippen molar-refractivity contribution in [1.82, 2.24) is 20.3 Å². The summed E-state index contributed by atoms with van der Waals surface area (Å²) in [6.07, 6.45) is 3.90. The van der Waals surface area contributed by atoms with Crippen LogP contribution in [0, 0.1) is 5.92 Å². The molecule has 0 aliphatic rings. The van der Waals surface area contributed by atoms with Crippen LogP contribution < -0.4 is 21.2 Å². The molecule has 2 amide bonds. The highest BCUT2D eigenvalue weighted by molar-refractivity contribution is 5.96. The molecular weight excluding hydrogens is 374 g/mol. The molecule has 0 fully saturated rings. The van der Waals surface area contributed by atoms with Crippen LogP contribution >= 0.6 is 0 Å². The Morgan fingerprint density at radius 2 is 1.93 bits per heavy atom. The summed E-state index contributed by atoms with van der Waals surface area (Å²) in [6, 6.07) is 7.71. The van der Waals surface area contributed by atoms with E-state index in [0.29, 0.717) is 30.6 Å². The van der Waals surface area contributed by atoms with Crippen molar-refractivity contribution in [3.63, 3.8) is 0 Å². The first-order valence-electron chi connectivity index (χ1n) is 9.46. The Balaban J connectivity index is 1.91. The molecule has 0 unspecified atom stereocenters. The van der Waals surface area contributed by atoms with Gasteiger partial charge in [-0.1, -0.05) is 32.0 Å². The van der Waals surface area contributed by atoms with Crippen molar-refractivity contribution >= 4 is 17.8 Å². The number of carbonyl (C=O) groups is 3. The van der Waals surface area contributed by atoms with Gasteiger partial charge >= 0.3 is 5.97 Å². The van der Waals surface area contributed by atoms with Crippen LogP contribution in [0.4, 0.5) is 0 Å². The second kappa shape index (κ2) is 11.0. The number of aromatic nitrogens is 2. The van der Waals surface area contributed by atoms with Crippen molar-refractivity contribution in [2.45, 2.75) is 32.7 Å². The molecule has 9 heteroatoms. The van der Waals surface area contributed by atoms with Crippen molar-refractivity contribution < 1.29 is 19.2 Å². The van der Waals surface area contributed by atoms with E-state index in [1.807, 2.05) is 13.8 Å². The van der Waals surface area contributed by atoms with Crippen molar-refractivity contribution in [2.75, 3.05) is 13.1 Å². The van der Waals surface area contributed by atoms with E-state index < -0.39 is 17.9 Å². The first-order chi connectivity index (χ1) is 13.9. The maximum absolute atomic E-state index is 12.5. The number of hydrogen-bond acceptors (Lipinski definition) is 6. The third kappa shape index (κ3) is 7.38. The molecule has 1 aromatic carbocycles. The summed E-state index contributed by atoms with van der Waals surface area (Å²) in [6.45, 7) is 4.05. The molecule has 0 saturated heterocycles. The fraction of sp³-hybridized carbons (Fsp3) is 0.400. The van der Waals surface area contributed by atoms with Gasteiger partial charge in [0.2, 0.25) is 5.91 Å². The highest BCUT2D eigenvalue weighted by atomic mass is 16.7. The third-order valence-electron chi connectivity index (χ3n) is 3.98. The summed E-state index contributed by atoms with van der Waals surface area (Å²) in [5.74, 6) is -1.32. The van der Waals surface area contributed by atoms with Gasteiger partial charge in [-0.15, -0.1) is 0 Å². The summed E-state index contributed by atoms with van der Waals surface area (Å²) >= 11 is 0. The van der Waals surface area contributed by atoms with Gasteiger partial charge in [0.25, 0.3) is 5.91 Å².